The second kappa shape index (κ2) is 11.8. The van der Waals surface area contributed by atoms with Crippen molar-refractivity contribution >= 4 is 35.0 Å². The first-order chi connectivity index (χ1) is 16.4. The number of carbonyl (C=O) groups excluding carboxylic acids is 1. The molecular formula is C23H24ClFN4O4S. The summed E-state index contributed by atoms with van der Waals surface area (Å²) >= 11 is 7.29. The topological polar surface area (TPSA) is 87.5 Å². The molecule has 34 heavy (non-hydrogen) atoms. The van der Waals surface area contributed by atoms with Gasteiger partial charge in [-0.15, -0.1) is 16.8 Å². The van der Waals surface area contributed by atoms with Gasteiger partial charge in [0.2, 0.25) is 5.91 Å². The number of halogens is 2. The molecule has 0 spiro atoms. The fraction of sp³-hybridized carbons (Fsp3) is 0.261. The lowest BCUT2D eigenvalue weighted by molar-refractivity contribution is -0.113. The highest BCUT2D eigenvalue weighted by Crippen LogP contribution is 2.31. The number of ether oxygens (including phenoxy) is 3. The van der Waals surface area contributed by atoms with Crippen LogP contribution in [0.5, 0.6) is 17.2 Å². The van der Waals surface area contributed by atoms with Gasteiger partial charge in [0.15, 0.2) is 17.1 Å². The third-order valence-corrected chi connectivity index (χ3v) is 5.90. The van der Waals surface area contributed by atoms with Crippen LogP contribution in [0.3, 0.4) is 0 Å². The zero-order chi connectivity index (χ0) is 24.7. The van der Waals surface area contributed by atoms with Crippen molar-refractivity contribution < 1.29 is 23.4 Å². The normalized spacial score (nSPS) is 11.6. The highest BCUT2D eigenvalue weighted by atomic mass is 35.5. The van der Waals surface area contributed by atoms with Gasteiger partial charge in [-0.05, 0) is 37.3 Å². The van der Waals surface area contributed by atoms with E-state index in [1.807, 2.05) is 0 Å². The van der Waals surface area contributed by atoms with Crippen molar-refractivity contribution in [3.8, 4) is 17.2 Å². The molecule has 0 aliphatic carbocycles. The van der Waals surface area contributed by atoms with E-state index in [4.69, 9.17) is 25.8 Å². The number of anilines is 1. The summed E-state index contributed by atoms with van der Waals surface area (Å²) < 4.78 is 31.5. The molecule has 1 amide bonds. The lowest BCUT2D eigenvalue weighted by Crippen LogP contribution is -2.16. The van der Waals surface area contributed by atoms with E-state index in [2.05, 4.69) is 22.1 Å². The highest BCUT2D eigenvalue weighted by Gasteiger charge is 2.21. The Hall–Kier alpha value is -3.24. The Balaban J connectivity index is 1.69. The van der Waals surface area contributed by atoms with E-state index in [1.54, 1.807) is 42.9 Å². The van der Waals surface area contributed by atoms with Crippen LogP contribution in [0, 0.1) is 5.82 Å². The number of hydrogen-bond donors (Lipinski definition) is 1. The molecule has 8 nitrogen and oxygen atoms in total. The molecule has 1 N–H and O–H groups in total. The Labute approximate surface area is 206 Å². The number of allylic oxidation sites excluding steroid dienone is 1. The molecule has 3 aromatic rings. The summed E-state index contributed by atoms with van der Waals surface area (Å²) in [5.41, 5.74) is 0.528. The molecule has 0 aliphatic rings. The lowest BCUT2D eigenvalue weighted by Gasteiger charge is -2.16. The number of benzene rings is 2. The fourth-order valence-corrected chi connectivity index (χ4v) is 4.01. The zero-order valence-corrected chi connectivity index (χ0v) is 20.5. The van der Waals surface area contributed by atoms with Crippen LogP contribution in [0.4, 0.5) is 10.1 Å². The van der Waals surface area contributed by atoms with Gasteiger partial charge in [-0.3, -0.25) is 9.36 Å². The van der Waals surface area contributed by atoms with Crippen LogP contribution in [-0.2, 0) is 11.3 Å². The molecule has 0 aliphatic heterocycles. The third kappa shape index (κ3) is 6.21. The summed E-state index contributed by atoms with van der Waals surface area (Å²) in [5, 5.41) is 11.9. The Morgan fingerprint density at radius 2 is 2.03 bits per heavy atom. The summed E-state index contributed by atoms with van der Waals surface area (Å²) in [6.45, 7) is 5.96. The molecular weight excluding hydrogens is 483 g/mol. The summed E-state index contributed by atoms with van der Waals surface area (Å²) in [5.74, 6) is 1.33. The largest absolute Gasteiger partial charge is 0.497 e. The van der Waals surface area contributed by atoms with Crippen molar-refractivity contribution in [3.63, 3.8) is 0 Å². The van der Waals surface area contributed by atoms with Gasteiger partial charge in [0.25, 0.3) is 0 Å². The predicted octanol–water partition coefficient (Wildman–Crippen LogP) is 5.14. The Morgan fingerprint density at radius 1 is 1.24 bits per heavy atom. The third-order valence-electron chi connectivity index (χ3n) is 4.63. The molecule has 1 atom stereocenters. The van der Waals surface area contributed by atoms with Gasteiger partial charge in [0.05, 0.1) is 30.7 Å². The first kappa shape index (κ1) is 25.4. The van der Waals surface area contributed by atoms with Gasteiger partial charge >= 0.3 is 0 Å². The highest BCUT2D eigenvalue weighted by molar-refractivity contribution is 7.99. The number of nitrogens with one attached hydrogen (secondary N) is 1. The maximum atomic E-state index is 13.3. The second-order valence-corrected chi connectivity index (χ2v) is 8.33. The average molecular weight is 507 g/mol. The summed E-state index contributed by atoms with van der Waals surface area (Å²) in [7, 11) is 3.07. The van der Waals surface area contributed by atoms with E-state index < -0.39 is 11.9 Å². The van der Waals surface area contributed by atoms with Gasteiger partial charge in [0, 0.05) is 12.6 Å². The van der Waals surface area contributed by atoms with Crippen LogP contribution in [0.15, 0.2) is 54.2 Å². The van der Waals surface area contributed by atoms with Crippen molar-refractivity contribution in [2.24, 2.45) is 0 Å². The summed E-state index contributed by atoms with van der Waals surface area (Å²) in [4.78, 5) is 12.6. The van der Waals surface area contributed by atoms with E-state index in [0.29, 0.717) is 40.5 Å². The molecule has 1 unspecified atom stereocenters. The van der Waals surface area contributed by atoms with Crippen LogP contribution < -0.4 is 19.5 Å². The molecule has 1 heterocycles. The quantitative estimate of drug-likeness (QED) is 0.284. The van der Waals surface area contributed by atoms with Crippen LogP contribution >= 0.6 is 23.4 Å². The molecule has 180 valence electrons. The van der Waals surface area contributed by atoms with Gasteiger partial charge < -0.3 is 19.5 Å². The smallest absolute Gasteiger partial charge is 0.234 e. The maximum Gasteiger partial charge on any atom is 0.234 e. The molecule has 1 aromatic heterocycles. The van der Waals surface area contributed by atoms with Crippen LogP contribution in [-0.4, -0.2) is 40.6 Å². The first-order valence-electron chi connectivity index (χ1n) is 10.2. The van der Waals surface area contributed by atoms with E-state index >= 15 is 0 Å². The summed E-state index contributed by atoms with van der Waals surface area (Å²) in [6, 6.07) is 9.02. The Morgan fingerprint density at radius 3 is 2.71 bits per heavy atom. The van der Waals surface area contributed by atoms with E-state index in [9.17, 15) is 9.18 Å². The summed E-state index contributed by atoms with van der Waals surface area (Å²) in [6.07, 6.45) is 1.15. The minimum absolute atomic E-state index is 0.0868. The number of carbonyl (C=O) groups is 1. The number of rotatable bonds is 11. The van der Waals surface area contributed by atoms with E-state index in [0.717, 1.165) is 0 Å². The van der Waals surface area contributed by atoms with Crippen molar-refractivity contribution in [3.05, 3.63) is 65.7 Å². The minimum atomic E-state index is -0.540. The van der Waals surface area contributed by atoms with Gasteiger partial charge in [-0.2, -0.15) is 0 Å². The molecule has 0 radical (unpaired) electrons. The van der Waals surface area contributed by atoms with Gasteiger partial charge in [0.1, 0.15) is 23.1 Å². The monoisotopic (exact) mass is 506 g/mol. The van der Waals surface area contributed by atoms with E-state index in [-0.39, 0.29) is 16.7 Å². The number of amides is 1. The van der Waals surface area contributed by atoms with Crippen LogP contribution in [0.1, 0.15) is 18.9 Å². The lowest BCUT2D eigenvalue weighted by atomic mass is 10.2. The molecule has 0 saturated carbocycles. The van der Waals surface area contributed by atoms with Gasteiger partial charge in [-0.1, -0.05) is 29.4 Å². The second-order valence-electron chi connectivity index (χ2n) is 6.98. The minimum Gasteiger partial charge on any atom is -0.497 e. The van der Waals surface area contributed by atoms with Crippen molar-refractivity contribution in [1.29, 1.82) is 0 Å². The first-order valence-corrected chi connectivity index (χ1v) is 11.5. The van der Waals surface area contributed by atoms with Crippen molar-refractivity contribution in [1.82, 2.24) is 14.8 Å². The SMILES string of the molecule is C=CCn1c(SCC(=O)Nc2ccc(OC)cc2OC)nnc1C(C)Oc1ccc(F)cc1Cl. The zero-order valence-electron chi connectivity index (χ0n) is 18.9. The number of nitrogens with zero attached hydrogens (tertiary/aromatic N) is 3. The maximum absolute atomic E-state index is 13.3. The molecule has 2 aromatic carbocycles. The molecule has 0 saturated heterocycles. The van der Waals surface area contributed by atoms with Crippen molar-refractivity contribution in [2.45, 2.75) is 24.7 Å². The Kier molecular flexibility index (Phi) is 8.78. The average Bonchev–Trinajstić information content (AvgIpc) is 3.22. The van der Waals surface area contributed by atoms with Crippen molar-refractivity contribution in [2.75, 3.05) is 25.3 Å². The number of aromatic nitrogens is 3. The molecule has 11 heteroatoms. The number of methoxy groups -OCH3 is 2. The van der Waals surface area contributed by atoms with Gasteiger partial charge in [-0.25, -0.2) is 4.39 Å². The predicted molar refractivity (Wildman–Crippen MR) is 130 cm³/mol. The van der Waals surface area contributed by atoms with Crippen LogP contribution in [0.25, 0.3) is 0 Å². The number of hydrogen-bond acceptors (Lipinski definition) is 7. The van der Waals surface area contributed by atoms with Crippen LogP contribution in [0.2, 0.25) is 5.02 Å². The molecule has 0 bridgehead atoms. The fourth-order valence-electron chi connectivity index (χ4n) is 3.04. The molecule has 0 fully saturated rings. The van der Waals surface area contributed by atoms with E-state index in [1.165, 1.54) is 37.1 Å². The number of thioether (sulfide) groups is 1. The standard InChI is InChI=1S/C23H24ClFN4O4S/c1-5-10-29-22(14(2)33-19-9-6-15(25)11-17(19)24)27-28-23(29)34-13-21(30)26-18-8-7-16(31-3)12-20(18)32-4/h5-9,11-12,14H,1,10,13H2,2-4H3,(H,26,30). The molecule has 3 rings (SSSR count). The Bertz CT molecular complexity index is 1170.